The highest BCUT2D eigenvalue weighted by Crippen LogP contribution is 2.31. The van der Waals surface area contributed by atoms with Crippen LogP contribution in [0.15, 0.2) is 23.0 Å². The molecule has 2 aromatic rings. The van der Waals surface area contributed by atoms with Gasteiger partial charge in [0.05, 0.1) is 32.4 Å². The van der Waals surface area contributed by atoms with Gasteiger partial charge in [-0.05, 0) is 19.2 Å². The van der Waals surface area contributed by atoms with E-state index in [9.17, 15) is 9.90 Å². The highest BCUT2D eigenvalue weighted by molar-refractivity contribution is 5.83. The van der Waals surface area contributed by atoms with E-state index in [4.69, 9.17) is 14.6 Å². The molecule has 1 heterocycles. The number of aliphatic hydroxyl groups excluding tert-OH is 2. The van der Waals surface area contributed by atoms with Crippen LogP contribution in [0, 0.1) is 0 Å². The number of rotatable bonds is 7. The number of nitrogens with one attached hydrogen (secondary N) is 1. The van der Waals surface area contributed by atoms with Gasteiger partial charge in [-0.25, -0.2) is 0 Å². The number of hydrogen-bond acceptors (Lipinski definition) is 6. The Morgan fingerprint density at radius 1 is 1.22 bits per heavy atom. The van der Waals surface area contributed by atoms with E-state index < -0.39 is 6.10 Å². The zero-order valence-corrected chi connectivity index (χ0v) is 13.5. The Balaban J connectivity index is 2.35. The Bertz CT molecular complexity index is 728. The molecule has 0 spiro atoms. The van der Waals surface area contributed by atoms with Crippen molar-refractivity contribution >= 4 is 10.9 Å². The Morgan fingerprint density at radius 3 is 2.48 bits per heavy atom. The van der Waals surface area contributed by atoms with Gasteiger partial charge in [-0.15, -0.1) is 0 Å². The molecule has 7 heteroatoms. The van der Waals surface area contributed by atoms with Gasteiger partial charge in [-0.3, -0.25) is 9.69 Å². The van der Waals surface area contributed by atoms with Gasteiger partial charge in [-0.2, -0.15) is 0 Å². The molecule has 0 aliphatic heterocycles. The van der Waals surface area contributed by atoms with Crippen LogP contribution in [-0.2, 0) is 6.54 Å². The number of ether oxygens (including phenoxy) is 2. The average molecular weight is 322 g/mol. The van der Waals surface area contributed by atoms with Gasteiger partial charge in [0.15, 0.2) is 11.5 Å². The summed E-state index contributed by atoms with van der Waals surface area (Å²) >= 11 is 0. The van der Waals surface area contributed by atoms with Gasteiger partial charge >= 0.3 is 0 Å². The molecule has 0 amide bonds. The number of aromatic amines is 1. The molecule has 23 heavy (non-hydrogen) atoms. The average Bonchev–Trinajstić information content (AvgIpc) is 2.54. The zero-order valence-electron chi connectivity index (χ0n) is 13.5. The number of hydrogen-bond donors (Lipinski definition) is 3. The molecule has 0 aliphatic carbocycles. The predicted molar refractivity (Wildman–Crippen MR) is 87.1 cm³/mol. The summed E-state index contributed by atoms with van der Waals surface area (Å²) in [4.78, 5) is 16.8. The van der Waals surface area contributed by atoms with E-state index in [1.54, 1.807) is 37.3 Å². The molecule has 0 aliphatic rings. The lowest BCUT2D eigenvalue weighted by molar-refractivity contribution is 0.0647. The second-order valence-corrected chi connectivity index (χ2v) is 5.45. The van der Waals surface area contributed by atoms with Crippen molar-refractivity contribution in [2.24, 2.45) is 0 Å². The summed E-state index contributed by atoms with van der Waals surface area (Å²) in [5.41, 5.74) is 1.03. The first-order chi connectivity index (χ1) is 11.0. The first-order valence-electron chi connectivity index (χ1n) is 7.24. The molecule has 126 valence electrons. The number of H-pyrrole nitrogens is 1. The van der Waals surface area contributed by atoms with Crippen LogP contribution in [-0.4, -0.2) is 60.6 Å². The Morgan fingerprint density at radius 2 is 1.87 bits per heavy atom. The van der Waals surface area contributed by atoms with Gasteiger partial charge in [0.25, 0.3) is 5.56 Å². The van der Waals surface area contributed by atoms with Crippen molar-refractivity contribution in [3.63, 3.8) is 0 Å². The third-order valence-corrected chi connectivity index (χ3v) is 3.60. The van der Waals surface area contributed by atoms with Gasteiger partial charge in [-0.1, -0.05) is 0 Å². The molecular weight excluding hydrogens is 300 g/mol. The Kier molecular flexibility index (Phi) is 5.59. The second kappa shape index (κ2) is 7.45. The third-order valence-electron chi connectivity index (χ3n) is 3.60. The summed E-state index contributed by atoms with van der Waals surface area (Å²) in [6.45, 7) is 0.325. The monoisotopic (exact) mass is 322 g/mol. The molecule has 0 fully saturated rings. The lowest BCUT2D eigenvalue weighted by Gasteiger charge is -2.19. The highest BCUT2D eigenvalue weighted by atomic mass is 16.5. The van der Waals surface area contributed by atoms with Crippen LogP contribution in [0.1, 0.15) is 5.56 Å². The highest BCUT2D eigenvalue weighted by Gasteiger charge is 2.12. The topological polar surface area (TPSA) is 95.0 Å². The van der Waals surface area contributed by atoms with Crippen LogP contribution in [0.3, 0.4) is 0 Å². The molecule has 2 rings (SSSR count). The fourth-order valence-corrected chi connectivity index (χ4v) is 2.47. The number of pyridine rings is 1. The van der Waals surface area contributed by atoms with Crippen LogP contribution in [0.4, 0.5) is 0 Å². The minimum atomic E-state index is -0.830. The third kappa shape index (κ3) is 4.01. The summed E-state index contributed by atoms with van der Waals surface area (Å²) < 4.78 is 10.5. The van der Waals surface area contributed by atoms with Crippen molar-refractivity contribution in [3.05, 3.63) is 34.1 Å². The van der Waals surface area contributed by atoms with E-state index in [2.05, 4.69) is 4.98 Å². The van der Waals surface area contributed by atoms with Gasteiger partial charge in [0.2, 0.25) is 0 Å². The summed E-state index contributed by atoms with van der Waals surface area (Å²) in [5.74, 6) is 1.13. The minimum Gasteiger partial charge on any atom is -0.493 e. The maximum absolute atomic E-state index is 12.2. The van der Waals surface area contributed by atoms with Crippen LogP contribution in [0.5, 0.6) is 11.5 Å². The zero-order chi connectivity index (χ0) is 17.0. The number of fused-ring (bicyclic) bond motifs is 1. The van der Waals surface area contributed by atoms with Crippen LogP contribution in [0.2, 0.25) is 0 Å². The first-order valence-corrected chi connectivity index (χ1v) is 7.24. The maximum Gasteiger partial charge on any atom is 0.252 e. The van der Waals surface area contributed by atoms with Crippen molar-refractivity contribution in [2.75, 3.05) is 34.4 Å². The summed E-state index contributed by atoms with van der Waals surface area (Å²) in [7, 11) is 4.87. The van der Waals surface area contributed by atoms with Crippen LogP contribution < -0.4 is 15.0 Å². The molecule has 1 aromatic carbocycles. The number of methoxy groups -OCH3 is 2. The van der Waals surface area contributed by atoms with E-state index >= 15 is 0 Å². The van der Waals surface area contributed by atoms with Crippen molar-refractivity contribution in [2.45, 2.75) is 12.6 Å². The lowest BCUT2D eigenvalue weighted by Crippen LogP contribution is -2.32. The predicted octanol–water partition coefficient (Wildman–Crippen LogP) is 0.330. The number of aliphatic hydroxyl groups is 2. The molecule has 1 atom stereocenters. The van der Waals surface area contributed by atoms with Crippen molar-refractivity contribution < 1.29 is 19.7 Å². The second-order valence-electron chi connectivity index (χ2n) is 5.45. The fraction of sp³-hybridized carbons (Fsp3) is 0.438. The van der Waals surface area contributed by atoms with E-state index in [1.165, 1.54) is 7.11 Å². The summed E-state index contributed by atoms with van der Waals surface area (Å²) in [6, 6.07) is 5.31. The van der Waals surface area contributed by atoms with E-state index in [0.29, 0.717) is 29.1 Å². The normalized spacial score (nSPS) is 12.6. The lowest BCUT2D eigenvalue weighted by atomic mass is 10.1. The van der Waals surface area contributed by atoms with Crippen molar-refractivity contribution in [3.8, 4) is 11.5 Å². The molecule has 0 bridgehead atoms. The van der Waals surface area contributed by atoms with Crippen LogP contribution in [0.25, 0.3) is 10.9 Å². The van der Waals surface area contributed by atoms with E-state index in [1.807, 2.05) is 0 Å². The maximum atomic E-state index is 12.2. The van der Waals surface area contributed by atoms with Crippen molar-refractivity contribution in [1.82, 2.24) is 9.88 Å². The fourth-order valence-electron chi connectivity index (χ4n) is 2.47. The molecule has 3 N–H and O–H groups in total. The Labute approximate surface area is 134 Å². The smallest absolute Gasteiger partial charge is 0.252 e. The minimum absolute atomic E-state index is 0.199. The molecule has 1 aromatic heterocycles. The summed E-state index contributed by atoms with van der Waals surface area (Å²) in [6.07, 6.45) is -0.830. The number of nitrogens with zero attached hydrogens (tertiary/aromatic N) is 1. The molecule has 0 radical (unpaired) electrons. The SMILES string of the molecule is COc1cc2cc(CN(C)CC(O)CO)c(=O)[nH]c2cc1OC. The molecule has 7 nitrogen and oxygen atoms in total. The Hall–Kier alpha value is -2.09. The molecule has 0 saturated carbocycles. The van der Waals surface area contributed by atoms with Crippen molar-refractivity contribution in [1.29, 1.82) is 0 Å². The van der Waals surface area contributed by atoms with E-state index in [0.717, 1.165) is 5.39 Å². The number of aromatic nitrogens is 1. The molecular formula is C16H22N2O5. The van der Waals surface area contributed by atoms with Gasteiger partial charge in [0, 0.05) is 30.1 Å². The van der Waals surface area contributed by atoms with Crippen LogP contribution >= 0.6 is 0 Å². The van der Waals surface area contributed by atoms with Gasteiger partial charge in [0.1, 0.15) is 0 Å². The molecule has 0 saturated heterocycles. The number of benzene rings is 1. The standard InChI is InChI=1S/C16H22N2O5/c1-18(8-12(20)9-19)7-11-4-10-5-14(22-2)15(23-3)6-13(10)17-16(11)21/h4-6,12,19-20H,7-9H2,1-3H3,(H,17,21). The first kappa shape index (κ1) is 17.3. The van der Waals surface area contributed by atoms with Gasteiger partial charge < -0.3 is 24.7 Å². The quantitative estimate of drug-likeness (QED) is 0.680. The van der Waals surface area contributed by atoms with E-state index in [-0.39, 0.29) is 18.7 Å². The largest absolute Gasteiger partial charge is 0.493 e. The number of likely N-dealkylation sites (N-methyl/N-ethyl adjacent to an activating group) is 1. The molecule has 1 unspecified atom stereocenters. The summed E-state index contributed by atoms with van der Waals surface area (Å²) in [5, 5.41) is 19.2.